The summed E-state index contributed by atoms with van der Waals surface area (Å²) in [6.07, 6.45) is 3.45. The molecule has 2 N–H and O–H groups in total. The van der Waals surface area contributed by atoms with E-state index in [1.165, 1.54) is 16.8 Å². The van der Waals surface area contributed by atoms with E-state index in [1.54, 1.807) is 6.92 Å². The van der Waals surface area contributed by atoms with Crippen molar-refractivity contribution in [3.63, 3.8) is 0 Å². The van der Waals surface area contributed by atoms with E-state index in [1.807, 2.05) is 0 Å². The molecule has 96 valence electrons. The van der Waals surface area contributed by atoms with Crippen molar-refractivity contribution in [3.05, 3.63) is 33.9 Å². The number of carbonyl (C=O) groups is 1. The molecule has 2 heterocycles. The Balaban J connectivity index is 2.34. The Bertz CT molecular complexity index is 627. The highest BCUT2D eigenvalue weighted by Crippen LogP contribution is 2.06. The van der Waals surface area contributed by atoms with Gasteiger partial charge in [-0.3, -0.25) is 14.7 Å². The third-order valence-electron chi connectivity index (χ3n) is 2.69. The van der Waals surface area contributed by atoms with Crippen LogP contribution in [0.3, 0.4) is 0 Å². The standard InChI is InChI=1S/C12H16N4O2/c1-3-4-5-13-12(18)9-7-14-16-10(17)6-8(2)15-11(9)16/h6-7,14H,3-5H2,1-2H3,(H,13,18). The van der Waals surface area contributed by atoms with Crippen LogP contribution in [0, 0.1) is 6.92 Å². The summed E-state index contributed by atoms with van der Waals surface area (Å²) in [5.74, 6) is -0.209. The Morgan fingerprint density at radius 2 is 2.33 bits per heavy atom. The minimum Gasteiger partial charge on any atom is -0.352 e. The van der Waals surface area contributed by atoms with Crippen LogP contribution in [0.5, 0.6) is 0 Å². The van der Waals surface area contributed by atoms with Crippen LogP contribution in [0.25, 0.3) is 5.65 Å². The molecule has 2 rings (SSSR count). The van der Waals surface area contributed by atoms with Crippen LogP contribution in [-0.4, -0.2) is 27.0 Å². The molecular weight excluding hydrogens is 232 g/mol. The van der Waals surface area contributed by atoms with Gasteiger partial charge in [0, 0.05) is 24.5 Å². The lowest BCUT2D eigenvalue weighted by Crippen LogP contribution is -2.24. The number of aromatic amines is 1. The number of rotatable bonds is 4. The maximum atomic E-state index is 11.9. The lowest BCUT2D eigenvalue weighted by molar-refractivity contribution is 0.0954. The summed E-state index contributed by atoms with van der Waals surface area (Å²) in [7, 11) is 0. The number of carbonyl (C=O) groups excluding carboxylic acids is 1. The van der Waals surface area contributed by atoms with Gasteiger partial charge in [0.05, 0.1) is 0 Å². The normalized spacial score (nSPS) is 10.8. The Morgan fingerprint density at radius 1 is 1.56 bits per heavy atom. The number of aryl methyl sites for hydroxylation is 1. The lowest BCUT2D eigenvalue weighted by Gasteiger charge is -2.02. The zero-order chi connectivity index (χ0) is 13.1. The molecule has 0 aliphatic rings. The first-order chi connectivity index (χ1) is 8.63. The molecule has 0 aliphatic heterocycles. The van der Waals surface area contributed by atoms with E-state index < -0.39 is 0 Å². The number of nitrogens with one attached hydrogen (secondary N) is 2. The molecule has 0 saturated carbocycles. The summed E-state index contributed by atoms with van der Waals surface area (Å²) in [5, 5.41) is 5.54. The van der Waals surface area contributed by atoms with Crippen molar-refractivity contribution < 1.29 is 4.79 Å². The molecule has 6 heteroatoms. The maximum Gasteiger partial charge on any atom is 0.272 e. The number of hydrogen-bond acceptors (Lipinski definition) is 3. The van der Waals surface area contributed by atoms with E-state index in [-0.39, 0.29) is 11.5 Å². The number of aromatic nitrogens is 3. The summed E-state index contributed by atoms with van der Waals surface area (Å²) < 4.78 is 1.27. The van der Waals surface area contributed by atoms with Crippen molar-refractivity contribution in [1.82, 2.24) is 19.9 Å². The average molecular weight is 248 g/mol. The van der Waals surface area contributed by atoms with Crippen LogP contribution < -0.4 is 10.9 Å². The van der Waals surface area contributed by atoms with Gasteiger partial charge in [0.1, 0.15) is 5.56 Å². The highest BCUT2D eigenvalue weighted by atomic mass is 16.2. The smallest absolute Gasteiger partial charge is 0.272 e. The van der Waals surface area contributed by atoms with Gasteiger partial charge in [0.25, 0.3) is 11.5 Å². The molecule has 0 atom stereocenters. The third kappa shape index (κ3) is 2.27. The predicted molar refractivity (Wildman–Crippen MR) is 67.8 cm³/mol. The van der Waals surface area contributed by atoms with Crippen LogP contribution in [0.1, 0.15) is 35.8 Å². The molecule has 0 bridgehead atoms. The largest absolute Gasteiger partial charge is 0.352 e. The van der Waals surface area contributed by atoms with Gasteiger partial charge in [-0.15, -0.1) is 0 Å². The number of H-pyrrole nitrogens is 1. The number of hydrogen-bond donors (Lipinski definition) is 2. The van der Waals surface area contributed by atoms with Crippen molar-refractivity contribution in [3.8, 4) is 0 Å². The zero-order valence-electron chi connectivity index (χ0n) is 10.5. The number of amides is 1. The van der Waals surface area contributed by atoms with E-state index in [2.05, 4.69) is 22.3 Å². The summed E-state index contributed by atoms with van der Waals surface area (Å²) in [4.78, 5) is 27.8. The van der Waals surface area contributed by atoms with Crippen molar-refractivity contribution in [2.45, 2.75) is 26.7 Å². The molecule has 18 heavy (non-hydrogen) atoms. The molecule has 0 aliphatic carbocycles. The molecular formula is C12H16N4O2. The van der Waals surface area contributed by atoms with Gasteiger partial charge in [-0.25, -0.2) is 9.50 Å². The van der Waals surface area contributed by atoms with E-state index >= 15 is 0 Å². The highest BCUT2D eigenvalue weighted by molar-refractivity contribution is 5.99. The molecule has 6 nitrogen and oxygen atoms in total. The van der Waals surface area contributed by atoms with E-state index in [9.17, 15) is 9.59 Å². The van der Waals surface area contributed by atoms with Crippen LogP contribution in [-0.2, 0) is 0 Å². The summed E-state index contributed by atoms with van der Waals surface area (Å²) in [5.41, 5.74) is 1.15. The monoisotopic (exact) mass is 248 g/mol. The molecule has 0 saturated heterocycles. The van der Waals surface area contributed by atoms with Crippen molar-refractivity contribution >= 4 is 11.6 Å². The molecule has 0 fully saturated rings. The lowest BCUT2D eigenvalue weighted by atomic mass is 10.3. The first-order valence-electron chi connectivity index (χ1n) is 5.99. The topological polar surface area (TPSA) is 79.3 Å². The molecule has 0 aromatic carbocycles. The van der Waals surface area contributed by atoms with Crippen LogP contribution in [0.4, 0.5) is 0 Å². The fourth-order valence-corrected chi connectivity index (χ4v) is 1.74. The van der Waals surface area contributed by atoms with Gasteiger partial charge >= 0.3 is 0 Å². The van der Waals surface area contributed by atoms with E-state index in [0.717, 1.165) is 12.8 Å². The van der Waals surface area contributed by atoms with E-state index in [0.29, 0.717) is 23.4 Å². The predicted octanol–water partition coefficient (Wildman–Crippen LogP) is 0.861. The van der Waals surface area contributed by atoms with Gasteiger partial charge < -0.3 is 5.32 Å². The Kier molecular flexibility index (Phi) is 3.45. The maximum absolute atomic E-state index is 11.9. The van der Waals surface area contributed by atoms with Crippen LogP contribution in [0.15, 0.2) is 17.1 Å². The summed E-state index contributed by atoms with van der Waals surface area (Å²) in [6.45, 7) is 4.41. The minimum atomic E-state index is -0.217. The average Bonchev–Trinajstić information content (AvgIpc) is 2.73. The Morgan fingerprint density at radius 3 is 3.06 bits per heavy atom. The van der Waals surface area contributed by atoms with Crippen molar-refractivity contribution in [1.29, 1.82) is 0 Å². The SMILES string of the molecule is CCCCNC(=O)c1c[nH]n2c(=O)cc(C)nc12. The quantitative estimate of drug-likeness (QED) is 0.788. The summed E-state index contributed by atoms with van der Waals surface area (Å²) in [6, 6.07) is 1.42. The second-order valence-corrected chi connectivity index (χ2v) is 4.19. The van der Waals surface area contributed by atoms with Crippen LogP contribution in [0.2, 0.25) is 0 Å². The zero-order valence-corrected chi connectivity index (χ0v) is 10.5. The van der Waals surface area contributed by atoms with E-state index in [4.69, 9.17) is 0 Å². The van der Waals surface area contributed by atoms with Gasteiger partial charge in [0.2, 0.25) is 0 Å². The Labute approximate surface area is 104 Å². The first-order valence-corrected chi connectivity index (χ1v) is 5.99. The Hall–Kier alpha value is -2.11. The summed E-state index contributed by atoms with van der Waals surface area (Å²) >= 11 is 0. The fraction of sp³-hybridized carbons (Fsp3) is 0.417. The first kappa shape index (κ1) is 12.3. The third-order valence-corrected chi connectivity index (χ3v) is 2.69. The van der Waals surface area contributed by atoms with Gasteiger partial charge in [0.15, 0.2) is 5.65 Å². The molecule has 0 spiro atoms. The van der Waals surface area contributed by atoms with Gasteiger partial charge in [-0.1, -0.05) is 13.3 Å². The highest BCUT2D eigenvalue weighted by Gasteiger charge is 2.14. The second-order valence-electron chi connectivity index (χ2n) is 4.19. The van der Waals surface area contributed by atoms with Gasteiger partial charge in [-0.2, -0.15) is 0 Å². The number of nitrogens with zero attached hydrogens (tertiary/aromatic N) is 2. The van der Waals surface area contributed by atoms with Crippen molar-refractivity contribution in [2.75, 3.05) is 6.54 Å². The molecule has 0 radical (unpaired) electrons. The fourth-order valence-electron chi connectivity index (χ4n) is 1.74. The molecule has 0 unspecified atom stereocenters. The van der Waals surface area contributed by atoms with Crippen LogP contribution >= 0.6 is 0 Å². The molecule has 1 amide bonds. The molecule has 2 aromatic heterocycles. The second kappa shape index (κ2) is 5.03. The van der Waals surface area contributed by atoms with Crippen molar-refractivity contribution in [2.24, 2.45) is 0 Å². The minimum absolute atomic E-state index is 0.209. The van der Waals surface area contributed by atoms with Gasteiger partial charge in [-0.05, 0) is 13.3 Å². The number of unbranched alkanes of at least 4 members (excludes halogenated alkanes) is 1. The number of fused-ring (bicyclic) bond motifs is 1. The molecule has 2 aromatic rings.